The number of pyridine rings is 1. The Balaban J connectivity index is 2.44. The minimum absolute atomic E-state index is 0.151. The highest BCUT2D eigenvalue weighted by atomic mass is 16.1. The number of rotatable bonds is 6. The molecule has 1 aromatic carbocycles. The first-order valence-corrected chi connectivity index (χ1v) is 7.95. The fourth-order valence-corrected chi connectivity index (χ4v) is 2.68. The summed E-state index contributed by atoms with van der Waals surface area (Å²) in [5, 5.41) is 0.774. The van der Waals surface area contributed by atoms with Gasteiger partial charge in [-0.25, -0.2) is 0 Å². The summed E-state index contributed by atoms with van der Waals surface area (Å²) >= 11 is 0. The van der Waals surface area contributed by atoms with Crippen molar-refractivity contribution in [3.63, 3.8) is 0 Å². The Morgan fingerprint density at radius 1 is 1.18 bits per heavy atom. The monoisotopic (exact) mass is 301 g/mol. The highest BCUT2D eigenvalue weighted by Gasteiger charge is 2.12. The standard InChI is InChI=1S/C18H27N3O/c1-6-7-10-21(5)12-16-13(2)19-17-9-8-14(20(3)4)11-15(17)18(16)22/h8-9,11H,6-7,10,12H2,1-5H3,(H,19,22). The van der Waals surface area contributed by atoms with E-state index >= 15 is 0 Å². The molecule has 0 fully saturated rings. The molecule has 2 rings (SSSR count). The van der Waals surface area contributed by atoms with Crippen molar-refractivity contribution in [3.05, 3.63) is 39.7 Å². The van der Waals surface area contributed by atoms with E-state index in [1.54, 1.807) is 0 Å². The van der Waals surface area contributed by atoms with Gasteiger partial charge < -0.3 is 14.8 Å². The van der Waals surface area contributed by atoms with Gasteiger partial charge in [0.15, 0.2) is 5.43 Å². The zero-order valence-corrected chi connectivity index (χ0v) is 14.4. The summed E-state index contributed by atoms with van der Waals surface area (Å²) in [6, 6.07) is 6.00. The molecule has 1 aromatic heterocycles. The molecule has 0 saturated heterocycles. The first-order chi connectivity index (χ1) is 10.4. The second-order valence-corrected chi connectivity index (χ2v) is 6.27. The zero-order valence-electron chi connectivity index (χ0n) is 14.4. The topological polar surface area (TPSA) is 39.3 Å². The highest BCUT2D eigenvalue weighted by Crippen LogP contribution is 2.19. The first-order valence-electron chi connectivity index (χ1n) is 7.95. The fraction of sp³-hybridized carbons (Fsp3) is 0.500. The summed E-state index contributed by atoms with van der Waals surface area (Å²) in [5.74, 6) is 0. The van der Waals surface area contributed by atoms with Crippen LogP contribution < -0.4 is 10.3 Å². The summed E-state index contributed by atoms with van der Waals surface area (Å²) in [4.78, 5) is 20.5. The van der Waals surface area contributed by atoms with Crippen molar-refractivity contribution < 1.29 is 0 Å². The quantitative estimate of drug-likeness (QED) is 0.891. The number of aromatic amines is 1. The molecule has 2 aromatic rings. The summed E-state index contributed by atoms with van der Waals surface area (Å²) in [6.07, 6.45) is 2.33. The van der Waals surface area contributed by atoms with Crippen LogP contribution >= 0.6 is 0 Å². The molecule has 22 heavy (non-hydrogen) atoms. The van der Waals surface area contributed by atoms with E-state index in [0.717, 1.165) is 40.8 Å². The van der Waals surface area contributed by atoms with Gasteiger partial charge in [0.2, 0.25) is 0 Å². The van der Waals surface area contributed by atoms with Gasteiger partial charge in [-0.2, -0.15) is 0 Å². The molecule has 120 valence electrons. The molecule has 0 saturated carbocycles. The Labute approximate surface area is 132 Å². The number of aromatic nitrogens is 1. The first kappa shape index (κ1) is 16.6. The van der Waals surface area contributed by atoms with Crippen LogP contribution in [0.4, 0.5) is 5.69 Å². The average Bonchev–Trinajstić information content (AvgIpc) is 2.49. The van der Waals surface area contributed by atoms with Gasteiger partial charge >= 0.3 is 0 Å². The molecule has 0 unspecified atom stereocenters. The molecule has 0 amide bonds. The molecule has 1 heterocycles. The summed E-state index contributed by atoms with van der Waals surface area (Å²) in [5.41, 5.74) is 3.96. The molecule has 0 aliphatic heterocycles. The number of aryl methyl sites for hydroxylation is 1. The molecule has 4 nitrogen and oxygen atoms in total. The van der Waals surface area contributed by atoms with E-state index in [1.165, 1.54) is 6.42 Å². The Bertz CT molecular complexity index is 703. The maximum Gasteiger partial charge on any atom is 0.194 e. The molecule has 4 heteroatoms. The molecule has 0 bridgehead atoms. The minimum atomic E-state index is 0.151. The third-order valence-corrected chi connectivity index (χ3v) is 4.13. The Morgan fingerprint density at radius 3 is 2.55 bits per heavy atom. The normalized spacial score (nSPS) is 11.4. The molecular weight excluding hydrogens is 274 g/mol. The van der Waals surface area contributed by atoms with Gasteiger partial charge in [-0.3, -0.25) is 4.79 Å². The van der Waals surface area contributed by atoms with Crippen molar-refractivity contribution in [1.29, 1.82) is 0 Å². The number of benzene rings is 1. The number of nitrogens with one attached hydrogen (secondary N) is 1. The van der Waals surface area contributed by atoms with Crippen molar-refractivity contribution in [3.8, 4) is 0 Å². The summed E-state index contributed by atoms with van der Waals surface area (Å²) in [6.45, 7) is 5.89. The smallest absolute Gasteiger partial charge is 0.194 e. The van der Waals surface area contributed by atoms with Crippen molar-refractivity contribution >= 4 is 16.6 Å². The van der Waals surface area contributed by atoms with Gasteiger partial charge in [0, 0.05) is 48.5 Å². The predicted molar refractivity (Wildman–Crippen MR) is 94.9 cm³/mol. The van der Waals surface area contributed by atoms with Crippen LogP contribution in [0.5, 0.6) is 0 Å². The number of unbranched alkanes of at least 4 members (excludes halogenated alkanes) is 1. The number of nitrogens with zero attached hydrogens (tertiary/aromatic N) is 2. The number of fused-ring (bicyclic) bond motifs is 1. The van der Waals surface area contributed by atoms with Gasteiger partial charge in [0.1, 0.15) is 0 Å². The van der Waals surface area contributed by atoms with Crippen LogP contribution in [0.2, 0.25) is 0 Å². The summed E-state index contributed by atoms with van der Waals surface area (Å²) in [7, 11) is 6.06. The largest absolute Gasteiger partial charge is 0.378 e. The number of anilines is 1. The Kier molecular flexibility index (Phi) is 5.24. The van der Waals surface area contributed by atoms with E-state index < -0.39 is 0 Å². The lowest BCUT2D eigenvalue weighted by Gasteiger charge is -2.18. The van der Waals surface area contributed by atoms with Gasteiger partial charge in [0.25, 0.3) is 0 Å². The van der Waals surface area contributed by atoms with E-state index in [4.69, 9.17) is 0 Å². The van der Waals surface area contributed by atoms with Crippen molar-refractivity contribution in [1.82, 2.24) is 9.88 Å². The van der Waals surface area contributed by atoms with Crippen LogP contribution in [-0.4, -0.2) is 37.6 Å². The van der Waals surface area contributed by atoms with E-state index in [9.17, 15) is 4.79 Å². The third kappa shape index (κ3) is 3.50. The molecule has 0 aliphatic rings. The van der Waals surface area contributed by atoms with E-state index in [1.807, 2.05) is 44.1 Å². The molecule has 0 spiro atoms. The van der Waals surface area contributed by atoms with Crippen LogP contribution in [-0.2, 0) is 6.54 Å². The van der Waals surface area contributed by atoms with Crippen LogP contribution in [0.1, 0.15) is 31.0 Å². The Morgan fingerprint density at radius 2 is 1.91 bits per heavy atom. The number of H-pyrrole nitrogens is 1. The van der Waals surface area contributed by atoms with Crippen molar-refractivity contribution in [2.75, 3.05) is 32.6 Å². The van der Waals surface area contributed by atoms with Gasteiger partial charge in [-0.05, 0) is 45.1 Å². The van der Waals surface area contributed by atoms with Gasteiger partial charge in [0.05, 0.1) is 0 Å². The van der Waals surface area contributed by atoms with Crippen LogP contribution in [0.25, 0.3) is 10.9 Å². The predicted octanol–water partition coefficient (Wildman–Crippen LogP) is 3.13. The lowest BCUT2D eigenvalue weighted by atomic mass is 10.1. The van der Waals surface area contributed by atoms with Gasteiger partial charge in [-0.1, -0.05) is 13.3 Å². The highest BCUT2D eigenvalue weighted by molar-refractivity contribution is 5.83. The summed E-state index contributed by atoms with van der Waals surface area (Å²) < 4.78 is 0. The molecular formula is C18H27N3O. The maximum atomic E-state index is 12.9. The van der Waals surface area contributed by atoms with Crippen LogP contribution in [0, 0.1) is 6.92 Å². The molecule has 0 aliphatic carbocycles. The SMILES string of the molecule is CCCCN(C)Cc1c(C)[nH]c2ccc(N(C)C)cc2c1=O. The second-order valence-electron chi connectivity index (χ2n) is 6.27. The lowest BCUT2D eigenvalue weighted by molar-refractivity contribution is 0.319. The average molecular weight is 301 g/mol. The van der Waals surface area contributed by atoms with Gasteiger partial charge in [-0.15, -0.1) is 0 Å². The zero-order chi connectivity index (χ0) is 16.3. The van der Waals surface area contributed by atoms with Crippen LogP contribution in [0.15, 0.2) is 23.0 Å². The fourth-order valence-electron chi connectivity index (χ4n) is 2.68. The molecule has 1 N–H and O–H groups in total. The Hall–Kier alpha value is -1.81. The van der Waals surface area contributed by atoms with E-state index in [-0.39, 0.29) is 5.43 Å². The molecule has 0 radical (unpaired) electrons. The second kappa shape index (κ2) is 6.97. The maximum absolute atomic E-state index is 12.9. The third-order valence-electron chi connectivity index (χ3n) is 4.13. The lowest BCUT2D eigenvalue weighted by Crippen LogP contribution is -2.25. The number of hydrogen-bond acceptors (Lipinski definition) is 3. The van der Waals surface area contributed by atoms with Crippen molar-refractivity contribution in [2.45, 2.75) is 33.2 Å². The molecule has 0 atom stereocenters. The number of hydrogen-bond donors (Lipinski definition) is 1. The van der Waals surface area contributed by atoms with E-state index in [2.05, 4.69) is 23.9 Å². The van der Waals surface area contributed by atoms with Crippen LogP contribution in [0.3, 0.4) is 0 Å². The van der Waals surface area contributed by atoms with Crippen molar-refractivity contribution in [2.24, 2.45) is 0 Å². The minimum Gasteiger partial charge on any atom is -0.378 e. The van der Waals surface area contributed by atoms with E-state index in [0.29, 0.717) is 6.54 Å².